The minimum Gasteiger partial charge on any atom is -0.385 e. The lowest BCUT2D eigenvalue weighted by Gasteiger charge is -2.18. The van der Waals surface area contributed by atoms with Crippen LogP contribution >= 0.6 is 0 Å². The highest BCUT2D eigenvalue weighted by Gasteiger charge is 2.15. The minimum atomic E-state index is -0.00149. The molecule has 4 nitrogen and oxygen atoms in total. The first-order valence-electron chi connectivity index (χ1n) is 8.09. The molecule has 1 aromatic carbocycles. The molecule has 0 aromatic heterocycles. The molecule has 4 heteroatoms. The van der Waals surface area contributed by atoms with Gasteiger partial charge in [0.1, 0.15) is 0 Å². The topological polar surface area (TPSA) is 50.4 Å². The van der Waals surface area contributed by atoms with Crippen LogP contribution in [0.5, 0.6) is 0 Å². The molecule has 2 N–H and O–H groups in total. The van der Waals surface area contributed by atoms with Crippen LogP contribution in [0.25, 0.3) is 0 Å². The molecule has 0 bridgehead atoms. The molecule has 1 heterocycles. The predicted molar refractivity (Wildman–Crippen MR) is 83.8 cm³/mol. The van der Waals surface area contributed by atoms with Gasteiger partial charge in [-0.2, -0.15) is 0 Å². The first kappa shape index (κ1) is 14.4. The van der Waals surface area contributed by atoms with E-state index in [1.165, 1.54) is 36.9 Å². The molecular weight excluding hydrogens is 264 g/mol. The molecule has 1 aliphatic heterocycles. The Hall–Kier alpha value is -1.55. The van der Waals surface area contributed by atoms with E-state index in [1.54, 1.807) is 0 Å². The fourth-order valence-corrected chi connectivity index (χ4v) is 3.16. The monoisotopic (exact) mass is 288 g/mol. The zero-order valence-corrected chi connectivity index (χ0v) is 12.5. The lowest BCUT2D eigenvalue weighted by molar-refractivity contribution is 0.0582. The summed E-state index contributed by atoms with van der Waals surface area (Å²) in [6.07, 6.45) is 7.50. The number of hydrogen-bond acceptors (Lipinski definition) is 3. The van der Waals surface area contributed by atoms with Crippen LogP contribution in [0.1, 0.15) is 48.0 Å². The van der Waals surface area contributed by atoms with Crippen molar-refractivity contribution in [1.82, 2.24) is 5.32 Å². The van der Waals surface area contributed by atoms with E-state index in [9.17, 15) is 4.79 Å². The average molecular weight is 288 g/mol. The van der Waals surface area contributed by atoms with Crippen LogP contribution in [-0.4, -0.2) is 31.7 Å². The number of benzene rings is 1. The van der Waals surface area contributed by atoms with E-state index in [0.717, 1.165) is 24.9 Å². The van der Waals surface area contributed by atoms with Crippen molar-refractivity contribution in [2.24, 2.45) is 0 Å². The molecule has 1 fully saturated rings. The third-order valence-corrected chi connectivity index (χ3v) is 4.35. The van der Waals surface area contributed by atoms with E-state index in [1.807, 2.05) is 18.2 Å². The lowest BCUT2D eigenvalue weighted by Crippen LogP contribution is -2.28. The van der Waals surface area contributed by atoms with Crippen molar-refractivity contribution in [3.63, 3.8) is 0 Å². The third-order valence-electron chi connectivity index (χ3n) is 4.35. The SMILES string of the molecule is O=C(NCCOC1CCCC1)c1ccc2c(c1)CCCN2. The number of fused-ring (bicyclic) bond motifs is 1. The Labute approximate surface area is 126 Å². The molecule has 0 saturated heterocycles. The molecule has 0 unspecified atom stereocenters. The van der Waals surface area contributed by atoms with Crippen LogP contribution in [0.3, 0.4) is 0 Å². The number of ether oxygens (including phenoxy) is 1. The zero-order chi connectivity index (χ0) is 14.5. The van der Waals surface area contributed by atoms with Crippen LogP contribution in [0.2, 0.25) is 0 Å². The number of carbonyl (C=O) groups is 1. The Kier molecular flexibility index (Phi) is 4.76. The van der Waals surface area contributed by atoms with Gasteiger partial charge in [0.2, 0.25) is 0 Å². The number of amides is 1. The summed E-state index contributed by atoms with van der Waals surface area (Å²) >= 11 is 0. The van der Waals surface area contributed by atoms with Crippen LogP contribution < -0.4 is 10.6 Å². The van der Waals surface area contributed by atoms with Gasteiger partial charge < -0.3 is 15.4 Å². The lowest BCUT2D eigenvalue weighted by atomic mass is 10.0. The average Bonchev–Trinajstić information content (AvgIpc) is 3.04. The number of aryl methyl sites for hydroxylation is 1. The molecule has 0 spiro atoms. The van der Waals surface area contributed by atoms with Gasteiger partial charge in [0.25, 0.3) is 5.91 Å². The van der Waals surface area contributed by atoms with Crippen molar-refractivity contribution in [1.29, 1.82) is 0 Å². The second-order valence-corrected chi connectivity index (χ2v) is 5.94. The van der Waals surface area contributed by atoms with Crippen molar-refractivity contribution in [2.75, 3.05) is 25.0 Å². The van der Waals surface area contributed by atoms with Gasteiger partial charge in [0.05, 0.1) is 12.7 Å². The van der Waals surface area contributed by atoms with Gasteiger partial charge in [-0.1, -0.05) is 12.8 Å². The molecule has 2 aliphatic rings. The van der Waals surface area contributed by atoms with E-state index >= 15 is 0 Å². The van der Waals surface area contributed by atoms with E-state index < -0.39 is 0 Å². The number of hydrogen-bond donors (Lipinski definition) is 2. The van der Waals surface area contributed by atoms with Crippen LogP contribution in [0.4, 0.5) is 5.69 Å². The molecule has 1 saturated carbocycles. The summed E-state index contributed by atoms with van der Waals surface area (Å²) in [4.78, 5) is 12.1. The Morgan fingerprint density at radius 1 is 1.29 bits per heavy atom. The summed E-state index contributed by atoms with van der Waals surface area (Å²) in [6, 6.07) is 5.91. The highest BCUT2D eigenvalue weighted by atomic mass is 16.5. The molecule has 1 aliphatic carbocycles. The zero-order valence-electron chi connectivity index (χ0n) is 12.5. The molecule has 0 radical (unpaired) electrons. The van der Waals surface area contributed by atoms with Gasteiger partial charge in [-0.15, -0.1) is 0 Å². The maximum Gasteiger partial charge on any atom is 0.251 e. The van der Waals surface area contributed by atoms with Gasteiger partial charge in [-0.05, 0) is 49.4 Å². The summed E-state index contributed by atoms with van der Waals surface area (Å²) in [5.74, 6) is -0.00149. The third kappa shape index (κ3) is 3.76. The molecule has 21 heavy (non-hydrogen) atoms. The van der Waals surface area contributed by atoms with Crippen molar-refractivity contribution in [2.45, 2.75) is 44.6 Å². The molecule has 3 rings (SSSR count). The van der Waals surface area contributed by atoms with Gasteiger partial charge in [-0.25, -0.2) is 0 Å². The second-order valence-electron chi connectivity index (χ2n) is 5.94. The van der Waals surface area contributed by atoms with E-state index in [-0.39, 0.29) is 5.91 Å². The Bertz CT molecular complexity index is 496. The van der Waals surface area contributed by atoms with Gasteiger partial charge in [0, 0.05) is 24.3 Å². The molecular formula is C17H24N2O2. The van der Waals surface area contributed by atoms with E-state index in [2.05, 4.69) is 10.6 Å². The summed E-state index contributed by atoms with van der Waals surface area (Å²) in [7, 11) is 0. The summed E-state index contributed by atoms with van der Waals surface area (Å²) in [5, 5.41) is 6.31. The maximum atomic E-state index is 12.1. The number of nitrogens with one attached hydrogen (secondary N) is 2. The highest BCUT2D eigenvalue weighted by Crippen LogP contribution is 2.23. The van der Waals surface area contributed by atoms with Crippen molar-refractivity contribution in [3.8, 4) is 0 Å². The molecule has 0 atom stereocenters. The number of carbonyl (C=O) groups excluding carboxylic acids is 1. The summed E-state index contributed by atoms with van der Waals surface area (Å²) in [5.41, 5.74) is 3.16. The van der Waals surface area contributed by atoms with E-state index in [4.69, 9.17) is 4.74 Å². The van der Waals surface area contributed by atoms with Gasteiger partial charge in [-0.3, -0.25) is 4.79 Å². The number of rotatable bonds is 5. The van der Waals surface area contributed by atoms with Crippen molar-refractivity contribution < 1.29 is 9.53 Å². The standard InChI is InChI=1S/C17H24N2O2/c20-17(19-10-11-21-15-5-1-2-6-15)14-7-8-16-13(12-14)4-3-9-18-16/h7-8,12,15,18H,1-6,9-11H2,(H,19,20). The van der Waals surface area contributed by atoms with Gasteiger partial charge >= 0.3 is 0 Å². The van der Waals surface area contributed by atoms with Crippen molar-refractivity contribution in [3.05, 3.63) is 29.3 Å². The number of anilines is 1. The Morgan fingerprint density at radius 2 is 2.14 bits per heavy atom. The Balaban J connectivity index is 1.46. The van der Waals surface area contributed by atoms with Crippen molar-refractivity contribution >= 4 is 11.6 Å². The highest BCUT2D eigenvalue weighted by molar-refractivity contribution is 5.94. The quantitative estimate of drug-likeness (QED) is 0.819. The van der Waals surface area contributed by atoms with Crippen LogP contribution in [0, 0.1) is 0 Å². The molecule has 1 aromatic rings. The predicted octanol–water partition coefficient (Wildman–Crippen LogP) is 2.73. The second kappa shape index (κ2) is 6.94. The van der Waals surface area contributed by atoms with Gasteiger partial charge in [0.15, 0.2) is 0 Å². The largest absolute Gasteiger partial charge is 0.385 e. The Morgan fingerprint density at radius 3 is 3.00 bits per heavy atom. The van der Waals surface area contributed by atoms with Crippen LogP contribution in [-0.2, 0) is 11.2 Å². The smallest absolute Gasteiger partial charge is 0.251 e. The van der Waals surface area contributed by atoms with E-state index in [0.29, 0.717) is 19.3 Å². The molecule has 114 valence electrons. The normalized spacial score (nSPS) is 18.1. The summed E-state index contributed by atoms with van der Waals surface area (Å²) in [6.45, 7) is 2.23. The first-order valence-corrected chi connectivity index (χ1v) is 8.09. The summed E-state index contributed by atoms with van der Waals surface area (Å²) < 4.78 is 5.76. The fourth-order valence-electron chi connectivity index (χ4n) is 3.16. The molecule has 1 amide bonds. The fraction of sp³-hybridized carbons (Fsp3) is 0.588. The first-order chi connectivity index (χ1) is 10.3. The minimum absolute atomic E-state index is 0.00149. The van der Waals surface area contributed by atoms with Crippen LogP contribution in [0.15, 0.2) is 18.2 Å². The maximum absolute atomic E-state index is 12.1.